The number of aromatic amines is 1. The normalized spacial score (nSPS) is 12.5. The topological polar surface area (TPSA) is 97.5 Å². The average Bonchev–Trinajstić information content (AvgIpc) is 2.53. The van der Waals surface area contributed by atoms with Gasteiger partial charge in [-0.15, -0.1) is 10.2 Å². The predicted molar refractivity (Wildman–Crippen MR) is 80.6 cm³/mol. The van der Waals surface area contributed by atoms with E-state index in [0.717, 1.165) is 10.8 Å². The minimum Gasteiger partial charge on any atom is -0.322 e. The summed E-state index contributed by atoms with van der Waals surface area (Å²) in [7, 11) is 0. The zero-order valence-corrected chi connectivity index (χ0v) is 11.6. The van der Waals surface area contributed by atoms with Gasteiger partial charge in [0.2, 0.25) is 0 Å². The van der Waals surface area contributed by atoms with Gasteiger partial charge in [-0.1, -0.05) is 31.2 Å². The third-order valence-corrected chi connectivity index (χ3v) is 3.41. The molecule has 21 heavy (non-hydrogen) atoms. The Balaban J connectivity index is 2.16. The molecule has 3 N–H and O–H groups in total. The van der Waals surface area contributed by atoms with Crippen LogP contribution in [0, 0.1) is 0 Å². The zero-order valence-electron chi connectivity index (χ0n) is 11.6. The van der Waals surface area contributed by atoms with Crippen LogP contribution in [0.2, 0.25) is 0 Å². The first kappa shape index (κ1) is 13.4. The van der Waals surface area contributed by atoms with Gasteiger partial charge in [0.1, 0.15) is 11.4 Å². The van der Waals surface area contributed by atoms with Crippen molar-refractivity contribution in [2.45, 2.75) is 19.4 Å². The number of nitrogens with zero attached hydrogens (tertiary/aromatic N) is 3. The summed E-state index contributed by atoms with van der Waals surface area (Å²) in [5.41, 5.74) is 6.38. The molecule has 2 aromatic heterocycles. The summed E-state index contributed by atoms with van der Waals surface area (Å²) >= 11 is 0. The predicted octanol–water partition coefficient (Wildman–Crippen LogP) is 1.79. The number of fused-ring (bicyclic) bond motifs is 1. The highest BCUT2D eigenvalue weighted by atomic mass is 16.1. The second-order valence-electron chi connectivity index (χ2n) is 4.78. The van der Waals surface area contributed by atoms with Crippen LogP contribution in [0.25, 0.3) is 22.3 Å². The van der Waals surface area contributed by atoms with Gasteiger partial charge in [0.25, 0.3) is 5.56 Å². The van der Waals surface area contributed by atoms with Crippen LogP contribution in [-0.2, 0) is 0 Å². The first-order valence-electron chi connectivity index (χ1n) is 6.77. The number of benzene rings is 1. The molecule has 0 radical (unpaired) electrons. The lowest BCUT2D eigenvalue weighted by Crippen LogP contribution is -2.25. The number of rotatable bonds is 3. The molecule has 0 saturated heterocycles. The zero-order chi connectivity index (χ0) is 14.8. The maximum atomic E-state index is 12.1. The lowest BCUT2D eigenvalue weighted by atomic mass is 10.1. The van der Waals surface area contributed by atoms with Crippen molar-refractivity contribution in [2.24, 2.45) is 5.73 Å². The summed E-state index contributed by atoms with van der Waals surface area (Å²) in [4.78, 5) is 19.1. The average molecular weight is 281 g/mol. The number of nitrogens with one attached hydrogen (secondary N) is 1. The van der Waals surface area contributed by atoms with Crippen LogP contribution in [0.15, 0.2) is 41.3 Å². The number of hydrogen-bond donors (Lipinski definition) is 2. The summed E-state index contributed by atoms with van der Waals surface area (Å²) in [5.74, 6) is 0.351. The van der Waals surface area contributed by atoms with Gasteiger partial charge in [-0.2, -0.15) is 0 Å². The molecule has 0 bridgehead atoms. The van der Waals surface area contributed by atoms with E-state index in [2.05, 4.69) is 20.2 Å². The van der Waals surface area contributed by atoms with Crippen molar-refractivity contribution in [1.29, 1.82) is 0 Å². The Morgan fingerprint density at radius 2 is 2.05 bits per heavy atom. The van der Waals surface area contributed by atoms with Gasteiger partial charge in [-0.05, 0) is 17.9 Å². The molecule has 2 heterocycles. The van der Waals surface area contributed by atoms with Gasteiger partial charge in [-0.3, -0.25) is 9.78 Å². The molecule has 1 aromatic carbocycles. The molecule has 1 unspecified atom stereocenters. The smallest absolute Gasteiger partial charge is 0.274 e. The second kappa shape index (κ2) is 5.41. The van der Waals surface area contributed by atoms with E-state index in [1.807, 2.05) is 37.3 Å². The first-order valence-corrected chi connectivity index (χ1v) is 6.77. The summed E-state index contributed by atoms with van der Waals surface area (Å²) in [6.07, 6.45) is 2.31. The third kappa shape index (κ3) is 2.41. The van der Waals surface area contributed by atoms with E-state index in [9.17, 15) is 4.79 Å². The molecule has 3 aromatic rings. The van der Waals surface area contributed by atoms with Crippen LogP contribution >= 0.6 is 0 Å². The van der Waals surface area contributed by atoms with Gasteiger partial charge in [0.05, 0.1) is 6.04 Å². The summed E-state index contributed by atoms with van der Waals surface area (Å²) in [5, 5.41) is 10.00. The van der Waals surface area contributed by atoms with Crippen molar-refractivity contribution in [3.63, 3.8) is 0 Å². The van der Waals surface area contributed by atoms with E-state index in [1.54, 1.807) is 6.20 Å². The molecule has 0 aliphatic carbocycles. The molecule has 0 amide bonds. The molecular formula is C15H15N5O. The van der Waals surface area contributed by atoms with Gasteiger partial charge >= 0.3 is 0 Å². The Bertz CT molecular complexity index is 837. The van der Waals surface area contributed by atoms with Crippen molar-refractivity contribution >= 4 is 10.8 Å². The largest absolute Gasteiger partial charge is 0.322 e. The van der Waals surface area contributed by atoms with E-state index < -0.39 is 6.04 Å². The van der Waals surface area contributed by atoms with E-state index in [-0.39, 0.29) is 11.3 Å². The quantitative estimate of drug-likeness (QED) is 0.762. The number of pyridine rings is 1. The van der Waals surface area contributed by atoms with Crippen LogP contribution < -0.4 is 11.3 Å². The molecule has 0 saturated carbocycles. The summed E-state index contributed by atoms with van der Waals surface area (Å²) in [6.45, 7) is 1.89. The molecule has 0 aliphatic heterocycles. The minimum atomic E-state index is -0.407. The molecule has 6 heteroatoms. The van der Waals surface area contributed by atoms with Crippen molar-refractivity contribution in [2.75, 3.05) is 0 Å². The Kier molecular flexibility index (Phi) is 3.45. The Hall–Kier alpha value is -2.60. The standard InChI is InChI=1S/C15H15N5O/c1-2-11(16)13-15(21)18-14(20-19-13)12-10-6-4-3-5-9(10)7-8-17-12/h3-8,11H,2,16H2,1H3,(H,18,20,21). The minimum absolute atomic E-state index is 0.251. The van der Waals surface area contributed by atoms with Crippen LogP contribution in [-0.4, -0.2) is 20.2 Å². The van der Waals surface area contributed by atoms with Crippen LogP contribution in [0.3, 0.4) is 0 Å². The van der Waals surface area contributed by atoms with E-state index >= 15 is 0 Å². The lowest BCUT2D eigenvalue weighted by molar-refractivity contribution is 0.645. The Morgan fingerprint density at radius 1 is 1.24 bits per heavy atom. The SMILES string of the molecule is CCC(N)c1nnc(-c2nccc3ccccc23)[nH]c1=O. The fourth-order valence-electron chi connectivity index (χ4n) is 2.20. The van der Waals surface area contributed by atoms with Gasteiger partial charge in [0, 0.05) is 11.6 Å². The maximum absolute atomic E-state index is 12.1. The highest BCUT2D eigenvalue weighted by Gasteiger charge is 2.14. The molecule has 3 rings (SSSR count). The lowest BCUT2D eigenvalue weighted by Gasteiger charge is -2.08. The number of aromatic nitrogens is 4. The number of nitrogens with two attached hydrogens (primary N) is 1. The molecular weight excluding hydrogens is 266 g/mol. The van der Waals surface area contributed by atoms with Crippen molar-refractivity contribution < 1.29 is 0 Å². The van der Waals surface area contributed by atoms with E-state index in [0.29, 0.717) is 17.9 Å². The van der Waals surface area contributed by atoms with Crippen LogP contribution in [0.4, 0.5) is 0 Å². The molecule has 0 spiro atoms. The Morgan fingerprint density at radius 3 is 2.81 bits per heavy atom. The highest BCUT2D eigenvalue weighted by Crippen LogP contribution is 2.22. The van der Waals surface area contributed by atoms with Gasteiger partial charge in [-0.25, -0.2) is 0 Å². The third-order valence-electron chi connectivity index (χ3n) is 3.41. The molecule has 1 atom stereocenters. The second-order valence-corrected chi connectivity index (χ2v) is 4.78. The van der Waals surface area contributed by atoms with Crippen LogP contribution in [0.1, 0.15) is 25.1 Å². The first-order chi connectivity index (χ1) is 10.2. The fraction of sp³-hybridized carbons (Fsp3) is 0.200. The van der Waals surface area contributed by atoms with Crippen molar-refractivity contribution in [3.05, 3.63) is 52.6 Å². The molecule has 6 nitrogen and oxygen atoms in total. The van der Waals surface area contributed by atoms with E-state index in [4.69, 9.17) is 5.73 Å². The monoisotopic (exact) mass is 281 g/mol. The van der Waals surface area contributed by atoms with Crippen LogP contribution in [0.5, 0.6) is 0 Å². The summed E-state index contributed by atoms with van der Waals surface area (Å²) in [6, 6.07) is 9.28. The Labute approximate surface area is 121 Å². The maximum Gasteiger partial charge on any atom is 0.274 e. The van der Waals surface area contributed by atoms with Gasteiger partial charge in [0.15, 0.2) is 5.82 Å². The van der Waals surface area contributed by atoms with Crippen molar-refractivity contribution in [1.82, 2.24) is 20.2 Å². The number of H-pyrrole nitrogens is 1. The number of hydrogen-bond acceptors (Lipinski definition) is 5. The van der Waals surface area contributed by atoms with Gasteiger partial charge < -0.3 is 10.7 Å². The molecule has 106 valence electrons. The summed E-state index contributed by atoms with van der Waals surface area (Å²) < 4.78 is 0. The molecule has 0 fully saturated rings. The highest BCUT2D eigenvalue weighted by molar-refractivity contribution is 5.92. The molecule has 0 aliphatic rings. The fourth-order valence-corrected chi connectivity index (χ4v) is 2.20. The van der Waals surface area contributed by atoms with E-state index in [1.165, 1.54) is 0 Å². The van der Waals surface area contributed by atoms with Crippen molar-refractivity contribution in [3.8, 4) is 11.5 Å².